The van der Waals surface area contributed by atoms with Gasteiger partial charge >= 0.3 is 0 Å². The molecule has 0 bridgehead atoms. The van der Waals surface area contributed by atoms with E-state index in [4.69, 9.17) is 0 Å². The summed E-state index contributed by atoms with van der Waals surface area (Å²) < 4.78 is 0. The van der Waals surface area contributed by atoms with Gasteiger partial charge in [-0.3, -0.25) is 0 Å². The Hall–Kier alpha value is -2.21. The van der Waals surface area contributed by atoms with Crippen LogP contribution in [0.4, 0.5) is 0 Å². The molecule has 0 spiro atoms. The molecule has 0 aromatic heterocycles. The highest BCUT2D eigenvalue weighted by Gasteiger charge is 2.23. The van der Waals surface area contributed by atoms with E-state index in [1.807, 2.05) is 0 Å². The third-order valence-corrected chi connectivity index (χ3v) is 4.04. The van der Waals surface area contributed by atoms with Crippen molar-refractivity contribution in [3.63, 3.8) is 0 Å². The quantitative estimate of drug-likeness (QED) is 0.394. The smallest absolute Gasteiger partial charge is 0.0602 e. The summed E-state index contributed by atoms with van der Waals surface area (Å²) in [5, 5.41) is 2.69. The van der Waals surface area contributed by atoms with Gasteiger partial charge in [0.05, 0.1) is 22.9 Å². The van der Waals surface area contributed by atoms with Crippen LogP contribution in [0.15, 0.2) is 54.6 Å². The maximum Gasteiger partial charge on any atom is 0.0846 e. The van der Waals surface area contributed by atoms with Crippen molar-refractivity contribution < 1.29 is 0 Å². The van der Waals surface area contributed by atoms with E-state index >= 15 is 0 Å². The second-order valence-electron chi connectivity index (χ2n) is 5.38. The molecule has 19 heavy (non-hydrogen) atoms. The molecule has 0 amide bonds. The highest BCUT2D eigenvalue weighted by Crippen LogP contribution is 2.33. The minimum atomic E-state index is 1.05. The number of aryl methyl sites for hydroxylation is 1. The molecule has 0 fully saturated rings. The van der Waals surface area contributed by atoms with Crippen molar-refractivity contribution in [3.8, 4) is 0 Å². The van der Waals surface area contributed by atoms with Gasteiger partial charge < -0.3 is 0 Å². The largest absolute Gasteiger partial charge is 0.0846 e. The number of hydrogen-bond acceptors (Lipinski definition) is 0. The van der Waals surface area contributed by atoms with Gasteiger partial charge in [0.1, 0.15) is 0 Å². The van der Waals surface area contributed by atoms with Gasteiger partial charge in [-0.15, -0.1) is 0 Å². The summed E-state index contributed by atoms with van der Waals surface area (Å²) in [7, 11) is 0. The van der Waals surface area contributed by atoms with E-state index < -0.39 is 0 Å². The van der Waals surface area contributed by atoms with Crippen LogP contribution in [0.25, 0.3) is 10.8 Å². The van der Waals surface area contributed by atoms with Crippen LogP contribution < -0.4 is 0 Å². The fourth-order valence-electron chi connectivity index (χ4n) is 3.05. The van der Waals surface area contributed by atoms with Crippen molar-refractivity contribution in [2.75, 3.05) is 0 Å². The Kier molecular flexibility index (Phi) is 2.19. The molecule has 0 N–H and O–H groups in total. The highest BCUT2D eigenvalue weighted by molar-refractivity contribution is 5.89. The lowest BCUT2D eigenvalue weighted by Crippen LogP contribution is -2.06. The standard InChI is InChI=1S/C19H15/c1-13-6-7-15-12-19-16(11-17(15)10-13)9-8-14-4-2-3-5-18(14)19/h2-10,12H,11H2,1H3/q+1. The normalized spacial score (nSPS) is 12.7. The molecule has 0 nitrogen and oxygen atoms in total. The average molecular weight is 243 g/mol. The van der Waals surface area contributed by atoms with Gasteiger partial charge in [-0.2, -0.15) is 0 Å². The van der Waals surface area contributed by atoms with Crippen molar-refractivity contribution in [1.82, 2.24) is 0 Å². The van der Waals surface area contributed by atoms with Crippen LogP contribution in [-0.4, -0.2) is 0 Å². The van der Waals surface area contributed by atoms with E-state index in [1.54, 1.807) is 0 Å². The van der Waals surface area contributed by atoms with Crippen LogP contribution >= 0.6 is 0 Å². The van der Waals surface area contributed by atoms with Crippen molar-refractivity contribution in [2.45, 2.75) is 13.3 Å². The summed E-state index contributed by atoms with van der Waals surface area (Å²) in [4.78, 5) is 0. The van der Waals surface area contributed by atoms with E-state index in [-0.39, 0.29) is 0 Å². The molecule has 0 heterocycles. The Balaban J connectivity index is 1.94. The molecule has 3 aromatic rings. The first-order chi connectivity index (χ1) is 9.31. The fourth-order valence-corrected chi connectivity index (χ4v) is 3.05. The van der Waals surface area contributed by atoms with Gasteiger partial charge in [0.2, 0.25) is 0 Å². The fraction of sp³-hybridized carbons (Fsp3) is 0.105. The lowest BCUT2D eigenvalue weighted by Gasteiger charge is -2.15. The lowest BCUT2D eigenvalue weighted by molar-refractivity contribution is 1.10. The third kappa shape index (κ3) is 1.64. The first kappa shape index (κ1) is 10.7. The van der Waals surface area contributed by atoms with Crippen LogP contribution in [0.5, 0.6) is 0 Å². The SMILES string of the molecule is Cc1ccc2c(c1)Cc1ccc3ccccc3c1[CH+]2. The Bertz CT molecular complexity index is 781. The summed E-state index contributed by atoms with van der Waals surface area (Å²) in [6.07, 6.45) is 3.39. The van der Waals surface area contributed by atoms with Crippen LogP contribution in [-0.2, 0) is 6.42 Å². The number of fused-ring (bicyclic) bond motifs is 4. The summed E-state index contributed by atoms with van der Waals surface area (Å²) in [6.45, 7) is 2.16. The third-order valence-electron chi connectivity index (χ3n) is 4.04. The Morgan fingerprint density at radius 3 is 2.74 bits per heavy atom. The van der Waals surface area contributed by atoms with Crippen molar-refractivity contribution in [2.24, 2.45) is 0 Å². The Labute approximate surface area is 113 Å². The maximum absolute atomic E-state index is 2.34. The number of rotatable bonds is 0. The lowest BCUT2D eigenvalue weighted by atomic mass is 9.83. The zero-order valence-corrected chi connectivity index (χ0v) is 11.0. The molecule has 4 rings (SSSR count). The van der Waals surface area contributed by atoms with E-state index in [1.165, 1.54) is 38.6 Å². The first-order valence-electron chi connectivity index (χ1n) is 6.76. The van der Waals surface area contributed by atoms with Crippen LogP contribution in [0.3, 0.4) is 0 Å². The Morgan fingerprint density at radius 2 is 1.79 bits per heavy atom. The van der Waals surface area contributed by atoms with Gasteiger partial charge in [-0.1, -0.05) is 12.1 Å². The highest BCUT2D eigenvalue weighted by atomic mass is 14.2. The topological polar surface area (TPSA) is 0 Å². The summed E-state index contributed by atoms with van der Waals surface area (Å²) in [6, 6.07) is 19.9. The molecular weight excluding hydrogens is 228 g/mol. The van der Waals surface area contributed by atoms with Crippen molar-refractivity contribution >= 4 is 10.8 Å². The molecule has 0 heteroatoms. The molecule has 0 atom stereocenters. The molecule has 0 saturated heterocycles. The molecule has 1 aliphatic rings. The average Bonchev–Trinajstić information content (AvgIpc) is 2.45. The predicted octanol–water partition coefficient (Wildman–Crippen LogP) is 4.65. The minimum absolute atomic E-state index is 1.05. The van der Waals surface area contributed by atoms with Gasteiger partial charge in [0.25, 0.3) is 0 Å². The van der Waals surface area contributed by atoms with Crippen molar-refractivity contribution in [1.29, 1.82) is 0 Å². The molecule has 90 valence electrons. The molecule has 1 aliphatic carbocycles. The number of hydrogen-bond donors (Lipinski definition) is 0. The van der Waals surface area contributed by atoms with Crippen LogP contribution in [0, 0.1) is 13.3 Å². The molecule has 0 aliphatic heterocycles. The summed E-state index contributed by atoms with van der Waals surface area (Å²) >= 11 is 0. The summed E-state index contributed by atoms with van der Waals surface area (Å²) in [5.74, 6) is 0. The second kappa shape index (κ2) is 3.89. The van der Waals surface area contributed by atoms with Gasteiger partial charge in [0.15, 0.2) is 0 Å². The second-order valence-corrected chi connectivity index (χ2v) is 5.38. The zero-order chi connectivity index (χ0) is 12.8. The van der Waals surface area contributed by atoms with E-state index in [2.05, 4.69) is 67.9 Å². The first-order valence-corrected chi connectivity index (χ1v) is 6.76. The minimum Gasteiger partial charge on any atom is -0.0602 e. The van der Waals surface area contributed by atoms with Crippen LogP contribution in [0.2, 0.25) is 0 Å². The van der Waals surface area contributed by atoms with Gasteiger partial charge in [0, 0.05) is 29.0 Å². The molecular formula is C19H15+. The van der Waals surface area contributed by atoms with Gasteiger partial charge in [-0.25, -0.2) is 0 Å². The molecule has 0 radical (unpaired) electrons. The van der Waals surface area contributed by atoms with E-state index in [0.717, 1.165) is 6.42 Å². The van der Waals surface area contributed by atoms with Crippen LogP contribution in [0.1, 0.15) is 27.8 Å². The zero-order valence-electron chi connectivity index (χ0n) is 11.0. The van der Waals surface area contributed by atoms with E-state index in [9.17, 15) is 0 Å². The summed E-state index contributed by atoms with van der Waals surface area (Å²) in [5.41, 5.74) is 7.00. The monoisotopic (exact) mass is 243 g/mol. The predicted molar refractivity (Wildman–Crippen MR) is 80.4 cm³/mol. The van der Waals surface area contributed by atoms with Gasteiger partial charge in [-0.05, 0) is 48.9 Å². The number of benzene rings is 3. The van der Waals surface area contributed by atoms with E-state index in [0.29, 0.717) is 0 Å². The molecule has 3 aromatic carbocycles. The molecule has 0 saturated carbocycles. The van der Waals surface area contributed by atoms with Crippen molar-refractivity contribution in [3.05, 3.63) is 88.8 Å². The molecule has 0 unspecified atom stereocenters. The maximum atomic E-state index is 2.34. The Morgan fingerprint density at radius 1 is 0.895 bits per heavy atom.